The van der Waals surface area contributed by atoms with Crippen molar-refractivity contribution < 1.29 is 0 Å². The number of nitrogens with one attached hydrogen (secondary N) is 1. The second-order valence-electron chi connectivity index (χ2n) is 5.94. The summed E-state index contributed by atoms with van der Waals surface area (Å²) >= 11 is 0. The fourth-order valence-corrected chi connectivity index (χ4v) is 3.62. The number of tetrazole rings is 1. The van der Waals surface area contributed by atoms with Crippen LogP contribution in [0.3, 0.4) is 0 Å². The van der Waals surface area contributed by atoms with Crippen LogP contribution in [0.25, 0.3) is 5.69 Å². The summed E-state index contributed by atoms with van der Waals surface area (Å²) < 4.78 is 1.85. The van der Waals surface area contributed by atoms with Crippen LogP contribution in [0.15, 0.2) is 30.3 Å². The number of benzene rings is 1. The van der Waals surface area contributed by atoms with Crippen LogP contribution in [0.4, 0.5) is 0 Å². The molecule has 0 radical (unpaired) electrons. The first kappa shape index (κ1) is 12.9. The van der Waals surface area contributed by atoms with E-state index in [0.717, 1.165) is 43.6 Å². The van der Waals surface area contributed by atoms with Crippen LogP contribution in [0.2, 0.25) is 0 Å². The lowest BCUT2D eigenvalue weighted by Crippen LogP contribution is -2.44. The summed E-state index contributed by atoms with van der Waals surface area (Å²) in [6.07, 6.45) is 2.62. The van der Waals surface area contributed by atoms with Crippen molar-refractivity contribution in [2.45, 2.75) is 25.4 Å². The van der Waals surface area contributed by atoms with E-state index in [0.29, 0.717) is 6.04 Å². The number of hydrogen-bond donors (Lipinski definition) is 1. The first-order chi connectivity index (χ1) is 10.4. The standard InChI is InChI=1S/C15H20N6/c1-2-6-13(7-3-1)21-15(17-18-19-21)11-20-8-4-5-12-9-16-10-14(12)20/h1-3,6-7,12,14,16H,4-5,8-11H2. The van der Waals surface area contributed by atoms with Crippen molar-refractivity contribution in [1.29, 1.82) is 0 Å². The molecule has 4 rings (SSSR count). The smallest absolute Gasteiger partial charge is 0.170 e. The van der Waals surface area contributed by atoms with Crippen LogP contribution in [0, 0.1) is 5.92 Å². The zero-order valence-corrected chi connectivity index (χ0v) is 12.0. The SMILES string of the molecule is c1ccc(-n2nnnc2CN2CCCC3CNCC32)cc1. The van der Waals surface area contributed by atoms with E-state index in [-0.39, 0.29) is 0 Å². The molecule has 0 spiro atoms. The lowest BCUT2D eigenvalue weighted by molar-refractivity contribution is 0.113. The molecular formula is C15H20N6. The molecule has 0 saturated carbocycles. The highest BCUT2D eigenvalue weighted by molar-refractivity contribution is 5.30. The second-order valence-corrected chi connectivity index (χ2v) is 5.94. The average molecular weight is 284 g/mol. The molecule has 1 aromatic heterocycles. The molecule has 1 aromatic carbocycles. The number of aromatic nitrogens is 4. The molecule has 2 saturated heterocycles. The lowest BCUT2D eigenvalue weighted by Gasteiger charge is -2.36. The fourth-order valence-electron chi connectivity index (χ4n) is 3.62. The number of hydrogen-bond acceptors (Lipinski definition) is 5. The molecule has 0 aliphatic carbocycles. The predicted molar refractivity (Wildman–Crippen MR) is 78.9 cm³/mol. The third-order valence-corrected chi connectivity index (χ3v) is 4.67. The lowest BCUT2D eigenvalue weighted by atomic mass is 9.92. The maximum Gasteiger partial charge on any atom is 0.170 e. The highest BCUT2D eigenvalue weighted by Gasteiger charge is 2.35. The van der Waals surface area contributed by atoms with Crippen molar-refractivity contribution in [2.75, 3.05) is 19.6 Å². The monoisotopic (exact) mass is 284 g/mol. The molecule has 2 atom stereocenters. The van der Waals surface area contributed by atoms with Crippen molar-refractivity contribution in [2.24, 2.45) is 5.92 Å². The summed E-state index contributed by atoms with van der Waals surface area (Å²) in [4.78, 5) is 2.54. The predicted octanol–water partition coefficient (Wildman–Crippen LogP) is 0.846. The molecule has 0 amide bonds. The number of para-hydroxylation sites is 1. The molecule has 2 aliphatic rings. The molecule has 2 aromatic rings. The Kier molecular flexibility index (Phi) is 3.40. The van der Waals surface area contributed by atoms with E-state index >= 15 is 0 Å². The van der Waals surface area contributed by atoms with Crippen molar-refractivity contribution in [3.8, 4) is 5.69 Å². The molecule has 2 aliphatic heterocycles. The van der Waals surface area contributed by atoms with Crippen molar-refractivity contribution in [3.63, 3.8) is 0 Å². The van der Waals surface area contributed by atoms with Crippen LogP contribution in [0.5, 0.6) is 0 Å². The van der Waals surface area contributed by atoms with Crippen LogP contribution in [0.1, 0.15) is 18.7 Å². The summed E-state index contributed by atoms with van der Waals surface area (Å²) in [5.74, 6) is 1.72. The molecular weight excluding hydrogens is 264 g/mol. The highest BCUT2D eigenvalue weighted by Crippen LogP contribution is 2.27. The molecule has 2 unspecified atom stereocenters. The molecule has 2 fully saturated rings. The van der Waals surface area contributed by atoms with Crippen LogP contribution >= 0.6 is 0 Å². The van der Waals surface area contributed by atoms with E-state index in [1.54, 1.807) is 0 Å². The second kappa shape index (κ2) is 5.54. The highest BCUT2D eigenvalue weighted by atomic mass is 15.5. The van der Waals surface area contributed by atoms with Crippen molar-refractivity contribution in [1.82, 2.24) is 30.4 Å². The Bertz CT molecular complexity index is 595. The van der Waals surface area contributed by atoms with E-state index in [2.05, 4.69) is 25.7 Å². The zero-order chi connectivity index (χ0) is 14.1. The number of nitrogens with zero attached hydrogens (tertiary/aromatic N) is 5. The van der Waals surface area contributed by atoms with E-state index in [1.807, 2.05) is 35.0 Å². The summed E-state index contributed by atoms with van der Waals surface area (Å²) in [5, 5.41) is 15.8. The largest absolute Gasteiger partial charge is 0.315 e. The number of rotatable bonds is 3. The molecule has 21 heavy (non-hydrogen) atoms. The quantitative estimate of drug-likeness (QED) is 0.905. The zero-order valence-electron chi connectivity index (χ0n) is 12.0. The van der Waals surface area contributed by atoms with Gasteiger partial charge in [-0.2, -0.15) is 4.68 Å². The maximum atomic E-state index is 4.24. The Labute approximate surface area is 124 Å². The van der Waals surface area contributed by atoms with Gasteiger partial charge in [0.2, 0.25) is 0 Å². The van der Waals surface area contributed by atoms with Gasteiger partial charge in [0, 0.05) is 12.6 Å². The van der Waals surface area contributed by atoms with Gasteiger partial charge in [0.1, 0.15) is 0 Å². The van der Waals surface area contributed by atoms with Gasteiger partial charge in [-0.3, -0.25) is 4.90 Å². The Morgan fingerprint density at radius 1 is 1.19 bits per heavy atom. The van der Waals surface area contributed by atoms with Crippen LogP contribution < -0.4 is 5.32 Å². The summed E-state index contributed by atoms with van der Waals surface area (Å²) in [5.41, 5.74) is 1.02. The van der Waals surface area contributed by atoms with Gasteiger partial charge in [-0.15, -0.1) is 5.10 Å². The Morgan fingerprint density at radius 3 is 3.00 bits per heavy atom. The van der Waals surface area contributed by atoms with Gasteiger partial charge in [0.25, 0.3) is 0 Å². The third-order valence-electron chi connectivity index (χ3n) is 4.67. The third kappa shape index (κ3) is 2.45. The number of likely N-dealkylation sites (tertiary alicyclic amines) is 1. The molecule has 3 heterocycles. The minimum Gasteiger partial charge on any atom is -0.315 e. The van der Waals surface area contributed by atoms with Crippen LogP contribution in [-0.4, -0.2) is 50.8 Å². The maximum absolute atomic E-state index is 4.24. The number of fused-ring (bicyclic) bond motifs is 1. The normalized spacial score (nSPS) is 25.9. The topological polar surface area (TPSA) is 58.9 Å². The minimum absolute atomic E-state index is 0.639. The van der Waals surface area contributed by atoms with Gasteiger partial charge in [-0.05, 0) is 54.4 Å². The first-order valence-corrected chi connectivity index (χ1v) is 7.69. The van der Waals surface area contributed by atoms with Crippen molar-refractivity contribution >= 4 is 0 Å². The summed E-state index contributed by atoms with van der Waals surface area (Å²) in [6.45, 7) is 4.22. The van der Waals surface area contributed by atoms with Gasteiger partial charge in [0.15, 0.2) is 5.82 Å². The van der Waals surface area contributed by atoms with Gasteiger partial charge in [-0.1, -0.05) is 18.2 Å². The van der Waals surface area contributed by atoms with E-state index < -0.39 is 0 Å². The molecule has 6 nitrogen and oxygen atoms in total. The molecule has 6 heteroatoms. The Morgan fingerprint density at radius 2 is 2.10 bits per heavy atom. The van der Waals surface area contributed by atoms with Crippen molar-refractivity contribution in [3.05, 3.63) is 36.2 Å². The Balaban J connectivity index is 1.56. The van der Waals surface area contributed by atoms with Crippen LogP contribution in [-0.2, 0) is 6.54 Å². The summed E-state index contributed by atoms with van der Waals surface area (Å²) in [7, 11) is 0. The molecule has 0 bridgehead atoms. The van der Waals surface area contributed by atoms with E-state index in [9.17, 15) is 0 Å². The molecule has 1 N–H and O–H groups in total. The van der Waals surface area contributed by atoms with Gasteiger partial charge < -0.3 is 5.32 Å². The fraction of sp³-hybridized carbons (Fsp3) is 0.533. The Hall–Kier alpha value is -1.79. The average Bonchev–Trinajstić information content (AvgIpc) is 3.17. The first-order valence-electron chi connectivity index (χ1n) is 7.69. The number of piperidine rings is 1. The van der Waals surface area contributed by atoms with Gasteiger partial charge >= 0.3 is 0 Å². The van der Waals surface area contributed by atoms with E-state index in [4.69, 9.17) is 0 Å². The van der Waals surface area contributed by atoms with Gasteiger partial charge in [-0.25, -0.2) is 0 Å². The van der Waals surface area contributed by atoms with E-state index in [1.165, 1.54) is 12.8 Å². The van der Waals surface area contributed by atoms with Gasteiger partial charge in [0.05, 0.1) is 12.2 Å². The summed E-state index contributed by atoms with van der Waals surface area (Å²) in [6, 6.07) is 10.7. The molecule has 110 valence electrons. The minimum atomic E-state index is 0.639.